The van der Waals surface area contributed by atoms with Gasteiger partial charge >= 0.3 is 6.03 Å². The van der Waals surface area contributed by atoms with Gasteiger partial charge < -0.3 is 15.7 Å². The molecule has 2 unspecified atom stereocenters. The zero-order valence-electron chi connectivity index (χ0n) is 10.3. The quantitative estimate of drug-likeness (QED) is 0.789. The third-order valence-electron chi connectivity index (χ3n) is 3.32. The van der Waals surface area contributed by atoms with Crippen molar-refractivity contribution < 1.29 is 18.7 Å². The highest BCUT2D eigenvalue weighted by Crippen LogP contribution is 2.24. The first-order valence-corrected chi connectivity index (χ1v) is 6.24. The van der Waals surface area contributed by atoms with Gasteiger partial charge in [0.15, 0.2) is 0 Å². The van der Waals surface area contributed by atoms with E-state index in [9.17, 15) is 18.7 Å². The molecule has 2 atom stereocenters. The molecule has 0 radical (unpaired) electrons. The minimum absolute atomic E-state index is 0.0452. The van der Waals surface area contributed by atoms with Crippen LogP contribution in [0, 0.1) is 17.6 Å². The second-order valence-electron chi connectivity index (χ2n) is 4.72. The Bertz CT molecular complexity index is 468. The number of halogens is 2. The van der Waals surface area contributed by atoms with Gasteiger partial charge in [-0.15, -0.1) is 0 Å². The summed E-state index contributed by atoms with van der Waals surface area (Å²) in [6, 6.07) is 2.37. The molecule has 0 saturated heterocycles. The molecule has 1 aromatic carbocycles. The van der Waals surface area contributed by atoms with Crippen LogP contribution in [-0.4, -0.2) is 23.8 Å². The van der Waals surface area contributed by atoms with Crippen LogP contribution in [0.5, 0.6) is 0 Å². The van der Waals surface area contributed by atoms with Crippen LogP contribution in [0.25, 0.3) is 0 Å². The summed E-state index contributed by atoms with van der Waals surface area (Å²) in [6.07, 6.45) is 2.18. The van der Waals surface area contributed by atoms with Crippen LogP contribution in [-0.2, 0) is 0 Å². The molecule has 6 heteroatoms. The number of nitrogens with one attached hydrogen (secondary N) is 2. The Balaban J connectivity index is 1.84. The molecule has 0 aromatic heterocycles. The maximum absolute atomic E-state index is 13.3. The summed E-state index contributed by atoms with van der Waals surface area (Å²) in [7, 11) is 0. The number of amides is 2. The average Bonchev–Trinajstić information content (AvgIpc) is 2.76. The number of hydrogen-bond acceptors (Lipinski definition) is 2. The predicted molar refractivity (Wildman–Crippen MR) is 66.7 cm³/mol. The summed E-state index contributed by atoms with van der Waals surface area (Å²) in [6.45, 7) is 0.343. The zero-order chi connectivity index (χ0) is 13.8. The fourth-order valence-corrected chi connectivity index (χ4v) is 2.24. The third kappa shape index (κ3) is 3.64. The number of benzene rings is 1. The highest BCUT2D eigenvalue weighted by atomic mass is 19.1. The average molecular weight is 270 g/mol. The standard InChI is InChI=1S/C13H16F2N2O2/c14-9-4-5-11(10(15)6-9)17-13(19)16-7-8-2-1-3-12(8)18/h4-6,8,12,18H,1-3,7H2,(H2,16,17,19). The van der Waals surface area contributed by atoms with Crippen molar-refractivity contribution in [1.82, 2.24) is 5.32 Å². The second kappa shape index (κ2) is 5.97. The van der Waals surface area contributed by atoms with Crippen molar-refractivity contribution in [2.24, 2.45) is 5.92 Å². The lowest BCUT2D eigenvalue weighted by Gasteiger charge is -2.15. The number of rotatable bonds is 3. The van der Waals surface area contributed by atoms with Gasteiger partial charge in [-0.1, -0.05) is 6.42 Å². The summed E-state index contributed by atoms with van der Waals surface area (Å²) in [5.41, 5.74) is -0.0779. The minimum Gasteiger partial charge on any atom is -0.393 e. The van der Waals surface area contributed by atoms with Gasteiger partial charge in [-0.3, -0.25) is 0 Å². The van der Waals surface area contributed by atoms with E-state index >= 15 is 0 Å². The molecule has 0 spiro atoms. The summed E-state index contributed by atoms with van der Waals surface area (Å²) in [5.74, 6) is -1.47. The van der Waals surface area contributed by atoms with Crippen LogP contribution in [0.1, 0.15) is 19.3 Å². The van der Waals surface area contributed by atoms with E-state index < -0.39 is 17.7 Å². The van der Waals surface area contributed by atoms with Gasteiger partial charge in [0.05, 0.1) is 11.8 Å². The first-order valence-electron chi connectivity index (χ1n) is 6.24. The number of carbonyl (C=O) groups is 1. The Labute approximate surface area is 109 Å². The summed E-state index contributed by atoms with van der Waals surface area (Å²) in [4.78, 5) is 11.5. The molecule has 0 bridgehead atoms. The second-order valence-corrected chi connectivity index (χ2v) is 4.72. The molecular weight excluding hydrogens is 254 g/mol. The Morgan fingerprint density at radius 2 is 2.16 bits per heavy atom. The maximum atomic E-state index is 13.3. The molecule has 19 heavy (non-hydrogen) atoms. The van der Waals surface area contributed by atoms with Crippen molar-refractivity contribution in [3.63, 3.8) is 0 Å². The highest BCUT2D eigenvalue weighted by Gasteiger charge is 2.25. The molecule has 2 amide bonds. The first-order chi connectivity index (χ1) is 9.06. The molecule has 3 N–H and O–H groups in total. The molecule has 0 heterocycles. The lowest BCUT2D eigenvalue weighted by Crippen LogP contribution is -2.35. The fraction of sp³-hybridized carbons (Fsp3) is 0.462. The molecule has 0 aliphatic heterocycles. The van der Waals surface area contributed by atoms with Crippen LogP contribution in [0.2, 0.25) is 0 Å². The molecule has 1 aliphatic rings. The number of hydrogen-bond donors (Lipinski definition) is 3. The smallest absolute Gasteiger partial charge is 0.319 e. The van der Waals surface area contributed by atoms with E-state index in [0.29, 0.717) is 12.6 Å². The largest absolute Gasteiger partial charge is 0.393 e. The van der Waals surface area contributed by atoms with E-state index in [0.717, 1.165) is 31.4 Å². The molecule has 2 rings (SSSR count). The molecule has 1 aromatic rings. The molecule has 4 nitrogen and oxygen atoms in total. The Hall–Kier alpha value is -1.69. The summed E-state index contributed by atoms with van der Waals surface area (Å²) >= 11 is 0. The van der Waals surface area contributed by atoms with Gasteiger partial charge in [0.1, 0.15) is 11.6 Å². The normalized spacial score (nSPS) is 22.3. The van der Waals surface area contributed by atoms with Crippen molar-refractivity contribution in [3.05, 3.63) is 29.8 Å². The SMILES string of the molecule is O=C(NCC1CCCC1O)Nc1ccc(F)cc1F. The summed E-state index contributed by atoms with van der Waals surface area (Å²) < 4.78 is 26.0. The van der Waals surface area contributed by atoms with Crippen LogP contribution in [0.4, 0.5) is 19.3 Å². The molecule has 1 aliphatic carbocycles. The topological polar surface area (TPSA) is 61.4 Å². The number of aliphatic hydroxyl groups is 1. The van der Waals surface area contributed by atoms with E-state index in [2.05, 4.69) is 10.6 Å². The fourth-order valence-electron chi connectivity index (χ4n) is 2.24. The van der Waals surface area contributed by atoms with Gasteiger partial charge in [0, 0.05) is 18.5 Å². The van der Waals surface area contributed by atoms with Gasteiger partial charge in [0.25, 0.3) is 0 Å². The molecular formula is C13H16F2N2O2. The van der Waals surface area contributed by atoms with Gasteiger partial charge in [-0.05, 0) is 25.0 Å². The number of urea groups is 1. The van der Waals surface area contributed by atoms with E-state index in [-0.39, 0.29) is 17.7 Å². The Morgan fingerprint density at radius 1 is 1.37 bits per heavy atom. The lowest BCUT2D eigenvalue weighted by atomic mass is 10.1. The highest BCUT2D eigenvalue weighted by molar-refractivity contribution is 5.89. The van der Waals surface area contributed by atoms with Crippen molar-refractivity contribution in [2.45, 2.75) is 25.4 Å². The van der Waals surface area contributed by atoms with Crippen LogP contribution >= 0.6 is 0 Å². The van der Waals surface area contributed by atoms with Crippen LogP contribution in [0.15, 0.2) is 18.2 Å². The van der Waals surface area contributed by atoms with E-state index in [1.54, 1.807) is 0 Å². The number of anilines is 1. The maximum Gasteiger partial charge on any atom is 0.319 e. The Morgan fingerprint density at radius 3 is 2.79 bits per heavy atom. The van der Waals surface area contributed by atoms with Gasteiger partial charge in [-0.2, -0.15) is 0 Å². The van der Waals surface area contributed by atoms with Gasteiger partial charge in [0.2, 0.25) is 0 Å². The minimum atomic E-state index is -0.823. The van der Waals surface area contributed by atoms with Gasteiger partial charge in [-0.25, -0.2) is 13.6 Å². The number of aliphatic hydroxyl groups excluding tert-OH is 1. The molecule has 1 saturated carbocycles. The van der Waals surface area contributed by atoms with Crippen molar-refractivity contribution in [3.8, 4) is 0 Å². The van der Waals surface area contributed by atoms with Crippen LogP contribution < -0.4 is 10.6 Å². The predicted octanol–water partition coefficient (Wildman–Crippen LogP) is 2.25. The Kier molecular flexibility index (Phi) is 4.31. The molecule has 1 fully saturated rings. The lowest BCUT2D eigenvalue weighted by molar-refractivity contribution is 0.133. The summed E-state index contributed by atoms with van der Waals surface area (Å²) in [5, 5.41) is 14.5. The monoisotopic (exact) mass is 270 g/mol. The van der Waals surface area contributed by atoms with Crippen molar-refractivity contribution in [1.29, 1.82) is 0 Å². The van der Waals surface area contributed by atoms with Crippen molar-refractivity contribution >= 4 is 11.7 Å². The molecule has 104 valence electrons. The van der Waals surface area contributed by atoms with E-state index in [1.807, 2.05) is 0 Å². The first kappa shape index (κ1) is 13.7. The van der Waals surface area contributed by atoms with E-state index in [4.69, 9.17) is 0 Å². The van der Waals surface area contributed by atoms with E-state index in [1.165, 1.54) is 0 Å². The zero-order valence-corrected chi connectivity index (χ0v) is 10.3. The van der Waals surface area contributed by atoms with Crippen LogP contribution in [0.3, 0.4) is 0 Å². The third-order valence-corrected chi connectivity index (χ3v) is 3.32. The van der Waals surface area contributed by atoms with Crippen molar-refractivity contribution in [2.75, 3.05) is 11.9 Å². The number of carbonyl (C=O) groups excluding carboxylic acids is 1.